The zero-order chi connectivity index (χ0) is 21.9. The number of hydrogen-bond acceptors (Lipinski definition) is 6. The Morgan fingerprint density at radius 3 is 2.78 bits per heavy atom. The van der Waals surface area contributed by atoms with Gasteiger partial charge in [-0.1, -0.05) is 12.1 Å². The van der Waals surface area contributed by atoms with Crippen molar-refractivity contribution in [2.24, 2.45) is 0 Å². The van der Waals surface area contributed by atoms with Crippen LogP contribution in [0.5, 0.6) is 5.75 Å². The Hall–Kier alpha value is -3.52. The number of H-pyrrole nitrogens is 1. The largest absolute Gasteiger partial charge is 0.494 e. The van der Waals surface area contributed by atoms with Gasteiger partial charge in [-0.15, -0.1) is 11.3 Å². The second kappa shape index (κ2) is 8.92. The molecule has 162 valence electrons. The normalized spacial score (nSPS) is 13.2. The van der Waals surface area contributed by atoms with Gasteiger partial charge in [-0.3, -0.25) is 9.89 Å². The molecule has 7 nitrogen and oxygen atoms in total. The van der Waals surface area contributed by atoms with Crippen LogP contribution in [-0.4, -0.2) is 32.7 Å². The van der Waals surface area contributed by atoms with Crippen molar-refractivity contribution in [2.45, 2.75) is 32.1 Å². The van der Waals surface area contributed by atoms with Crippen molar-refractivity contribution < 1.29 is 9.53 Å². The highest BCUT2D eigenvalue weighted by atomic mass is 32.1. The standard InChI is InChI=1S/C24H23N5O2S/c1-2-31-20-10-8-16(9-11-20)24-26-19(14-32-24)13-21(30)25-18-5-3-4-17(12-18)23-27-22(28-29-23)15-6-7-15/h3-5,8-12,14-15H,2,6-7,13H2,1H3,(H,25,30)(H,27,28,29). The highest BCUT2D eigenvalue weighted by Gasteiger charge is 2.27. The van der Waals surface area contributed by atoms with Crippen LogP contribution >= 0.6 is 11.3 Å². The predicted octanol–water partition coefficient (Wildman–Crippen LogP) is 5.05. The molecule has 1 aliphatic carbocycles. The van der Waals surface area contributed by atoms with Crippen LogP contribution in [0.3, 0.4) is 0 Å². The molecule has 2 aromatic heterocycles. The van der Waals surface area contributed by atoms with E-state index in [1.807, 2.05) is 60.8 Å². The molecule has 2 N–H and O–H groups in total. The molecule has 0 atom stereocenters. The Morgan fingerprint density at radius 1 is 1.16 bits per heavy atom. The predicted molar refractivity (Wildman–Crippen MR) is 125 cm³/mol. The van der Waals surface area contributed by atoms with Gasteiger partial charge in [0, 0.05) is 28.1 Å². The Kier molecular flexibility index (Phi) is 5.68. The van der Waals surface area contributed by atoms with Crippen LogP contribution in [0.15, 0.2) is 53.9 Å². The minimum atomic E-state index is -0.112. The third kappa shape index (κ3) is 4.70. The molecule has 2 heterocycles. The molecule has 1 saturated carbocycles. The first kappa shape index (κ1) is 20.4. The average Bonchev–Trinajstić information content (AvgIpc) is 3.34. The molecular weight excluding hydrogens is 422 g/mol. The number of hydrogen-bond donors (Lipinski definition) is 2. The fourth-order valence-corrected chi connectivity index (χ4v) is 4.26. The number of benzene rings is 2. The third-order valence-electron chi connectivity index (χ3n) is 5.18. The van der Waals surface area contributed by atoms with Crippen LogP contribution in [-0.2, 0) is 11.2 Å². The number of carbonyl (C=O) groups excluding carboxylic acids is 1. The van der Waals surface area contributed by atoms with Crippen molar-refractivity contribution in [3.05, 3.63) is 65.4 Å². The summed E-state index contributed by atoms with van der Waals surface area (Å²) in [6.45, 7) is 2.60. The number of aromatic amines is 1. The number of carbonyl (C=O) groups is 1. The van der Waals surface area contributed by atoms with Crippen molar-refractivity contribution in [1.29, 1.82) is 0 Å². The Balaban J connectivity index is 1.22. The topological polar surface area (TPSA) is 92.8 Å². The minimum Gasteiger partial charge on any atom is -0.494 e. The first-order valence-electron chi connectivity index (χ1n) is 10.7. The van der Waals surface area contributed by atoms with Gasteiger partial charge in [0.2, 0.25) is 5.91 Å². The van der Waals surface area contributed by atoms with Gasteiger partial charge in [-0.05, 0) is 56.2 Å². The quantitative estimate of drug-likeness (QED) is 0.396. The smallest absolute Gasteiger partial charge is 0.230 e. The minimum absolute atomic E-state index is 0.112. The number of amides is 1. The number of thiazole rings is 1. The van der Waals surface area contributed by atoms with Gasteiger partial charge >= 0.3 is 0 Å². The summed E-state index contributed by atoms with van der Waals surface area (Å²) in [4.78, 5) is 21.8. The molecule has 0 bridgehead atoms. The number of nitrogens with zero attached hydrogens (tertiary/aromatic N) is 3. The Bertz CT molecular complexity index is 1230. The Morgan fingerprint density at radius 2 is 2.00 bits per heavy atom. The molecule has 0 unspecified atom stereocenters. The lowest BCUT2D eigenvalue weighted by Gasteiger charge is -2.05. The molecule has 1 aliphatic rings. The first-order chi connectivity index (χ1) is 15.7. The van der Waals surface area contributed by atoms with Gasteiger partial charge in [-0.25, -0.2) is 9.97 Å². The Labute approximate surface area is 189 Å². The summed E-state index contributed by atoms with van der Waals surface area (Å²) >= 11 is 1.53. The monoisotopic (exact) mass is 445 g/mol. The van der Waals surface area contributed by atoms with Crippen molar-refractivity contribution in [2.75, 3.05) is 11.9 Å². The van der Waals surface area contributed by atoms with Crippen LogP contribution in [0.4, 0.5) is 5.69 Å². The van der Waals surface area contributed by atoms with Crippen LogP contribution in [0.2, 0.25) is 0 Å². The zero-order valence-corrected chi connectivity index (χ0v) is 18.5. The van der Waals surface area contributed by atoms with E-state index < -0.39 is 0 Å². The van der Waals surface area contributed by atoms with E-state index in [1.54, 1.807) is 0 Å². The molecule has 0 radical (unpaired) electrons. The van der Waals surface area contributed by atoms with Crippen LogP contribution < -0.4 is 10.1 Å². The van der Waals surface area contributed by atoms with Crippen molar-refractivity contribution in [3.63, 3.8) is 0 Å². The molecule has 32 heavy (non-hydrogen) atoms. The molecule has 2 aromatic carbocycles. The van der Waals surface area contributed by atoms with E-state index in [0.717, 1.165) is 33.4 Å². The summed E-state index contributed by atoms with van der Waals surface area (Å²) in [5.41, 5.74) is 3.34. The lowest BCUT2D eigenvalue weighted by atomic mass is 10.2. The van der Waals surface area contributed by atoms with E-state index in [9.17, 15) is 4.79 Å². The maximum atomic E-state index is 12.6. The van der Waals surface area contributed by atoms with E-state index in [0.29, 0.717) is 24.0 Å². The number of aromatic nitrogens is 4. The summed E-state index contributed by atoms with van der Waals surface area (Å²) in [6, 6.07) is 15.4. The van der Waals surface area contributed by atoms with Crippen molar-refractivity contribution in [3.8, 4) is 27.7 Å². The summed E-state index contributed by atoms with van der Waals surface area (Å²) < 4.78 is 5.48. The van der Waals surface area contributed by atoms with E-state index in [-0.39, 0.29) is 12.3 Å². The average molecular weight is 446 g/mol. The maximum absolute atomic E-state index is 12.6. The van der Waals surface area contributed by atoms with Gasteiger partial charge < -0.3 is 10.1 Å². The molecule has 4 aromatic rings. The van der Waals surface area contributed by atoms with Gasteiger partial charge in [0.15, 0.2) is 5.82 Å². The first-order valence-corrected chi connectivity index (χ1v) is 11.6. The summed E-state index contributed by atoms with van der Waals surface area (Å²) in [5, 5.41) is 13.1. The van der Waals surface area contributed by atoms with E-state index in [4.69, 9.17) is 4.74 Å². The van der Waals surface area contributed by atoms with E-state index in [1.165, 1.54) is 24.2 Å². The van der Waals surface area contributed by atoms with Gasteiger partial charge in [0.25, 0.3) is 0 Å². The molecular formula is C24H23N5O2S. The number of rotatable bonds is 8. The van der Waals surface area contributed by atoms with Crippen molar-refractivity contribution in [1.82, 2.24) is 20.2 Å². The summed E-state index contributed by atoms with van der Waals surface area (Å²) in [7, 11) is 0. The lowest BCUT2D eigenvalue weighted by Crippen LogP contribution is -2.14. The number of ether oxygens (including phenoxy) is 1. The lowest BCUT2D eigenvalue weighted by molar-refractivity contribution is -0.115. The van der Waals surface area contributed by atoms with Gasteiger partial charge in [0.1, 0.15) is 16.6 Å². The van der Waals surface area contributed by atoms with E-state index in [2.05, 4.69) is 25.5 Å². The second-order valence-electron chi connectivity index (χ2n) is 7.73. The highest BCUT2D eigenvalue weighted by Crippen LogP contribution is 2.38. The highest BCUT2D eigenvalue weighted by molar-refractivity contribution is 7.13. The number of anilines is 1. The molecule has 5 rings (SSSR count). The van der Waals surface area contributed by atoms with Crippen LogP contribution in [0, 0.1) is 0 Å². The van der Waals surface area contributed by atoms with Gasteiger partial charge in [0.05, 0.1) is 18.7 Å². The SMILES string of the molecule is CCOc1ccc(-c2nc(CC(=O)Nc3cccc(-c4n[nH]c(C5CC5)n4)c3)cs2)cc1. The van der Waals surface area contributed by atoms with Crippen molar-refractivity contribution >= 4 is 22.9 Å². The fourth-order valence-electron chi connectivity index (χ4n) is 3.43. The van der Waals surface area contributed by atoms with Gasteiger partial charge in [-0.2, -0.15) is 5.10 Å². The molecule has 1 fully saturated rings. The maximum Gasteiger partial charge on any atom is 0.230 e. The van der Waals surface area contributed by atoms with Crippen LogP contribution in [0.25, 0.3) is 22.0 Å². The molecule has 1 amide bonds. The third-order valence-corrected chi connectivity index (χ3v) is 6.12. The second-order valence-corrected chi connectivity index (χ2v) is 8.58. The summed E-state index contributed by atoms with van der Waals surface area (Å²) in [5.74, 6) is 2.84. The fraction of sp³-hybridized carbons (Fsp3) is 0.250. The zero-order valence-electron chi connectivity index (χ0n) is 17.7. The molecule has 8 heteroatoms. The van der Waals surface area contributed by atoms with Crippen LogP contribution in [0.1, 0.15) is 37.2 Å². The molecule has 0 saturated heterocycles. The number of nitrogens with one attached hydrogen (secondary N) is 2. The molecule has 0 aliphatic heterocycles. The van der Waals surface area contributed by atoms with E-state index >= 15 is 0 Å². The summed E-state index contributed by atoms with van der Waals surface area (Å²) in [6.07, 6.45) is 2.55. The molecule has 0 spiro atoms.